The van der Waals surface area contributed by atoms with E-state index in [0.717, 1.165) is 25.9 Å². The van der Waals surface area contributed by atoms with Crippen molar-refractivity contribution in [1.82, 2.24) is 5.32 Å². The molecule has 5 heteroatoms. The zero-order valence-corrected chi connectivity index (χ0v) is 11.0. The molecule has 0 aliphatic carbocycles. The van der Waals surface area contributed by atoms with Crippen molar-refractivity contribution in [3.8, 4) is 0 Å². The lowest BCUT2D eigenvalue weighted by Crippen LogP contribution is -2.24. The molecule has 0 spiro atoms. The summed E-state index contributed by atoms with van der Waals surface area (Å²) in [6.45, 7) is 1.65. The molecule has 1 heterocycles. The van der Waals surface area contributed by atoms with Crippen LogP contribution in [0.15, 0.2) is 24.3 Å². The molecule has 2 rings (SSSR count). The summed E-state index contributed by atoms with van der Waals surface area (Å²) in [5.41, 5.74) is 0.661. The number of hydrogen-bond donors (Lipinski definition) is 1. The van der Waals surface area contributed by atoms with Crippen molar-refractivity contribution in [2.24, 2.45) is 0 Å². The first-order valence-electron chi connectivity index (χ1n) is 6.25. The van der Waals surface area contributed by atoms with Gasteiger partial charge in [-0.15, -0.1) is 0 Å². The van der Waals surface area contributed by atoms with Gasteiger partial charge >= 0.3 is 0 Å². The third kappa shape index (κ3) is 3.53. The van der Waals surface area contributed by atoms with E-state index in [9.17, 15) is 12.8 Å². The van der Waals surface area contributed by atoms with Gasteiger partial charge in [0.25, 0.3) is 0 Å². The van der Waals surface area contributed by atoms with Gasteiger partial charge in [-0.3, -0.25) is 0 Å². The monoisotopic (exact) mass is 271 g/mol. The second-order valence-electron chi connectivity index (χ2n) is 4.74. The zero-order chi connectivity index (χ0) is 13.0. The van der Waals surface area contributed by atoms with Crippen LogP contribution in [0.3, 0.4) is 0 Å². The molecule has 0 saturated carbocycles. The van der Waals surface area contributed by atoms with Crippen LogP contribution < -0.4 is 5.32 Å². The second kappa shape index (κ2) is 5.80. The van der Waals surface area contributed by atoms with E-state index in [1.165, 1.54) is 12.1 Å². The summed E-state index contributed by atoms with van der Waals surface area (Å²) < 4.78 is 37.3. The molecule has 0 bridgehead atoms. The van der Waals surface area contributed by atoms with E-state index in [1.54, 1.807) is 12.1 Å². The molecule has 1 unspecified atom stereocenters. The summed E-state index contributed by atoms with van der Waals surface area (Å²) >= 11 is 0. The Morgan fingerprint density at radius 2 is 1.89 bits per heavy atom. The van der Waals surface area contributed by atoms with Gasteiger partial charge in [-0.05, 0) is 50.0 Å². The Morgan fingerprint density at radius 3 is 2.61 bits per heavy atom. The molecule has 1 aliphatic heterocycles. The van der Waals surface area contributed by atoms with Crippen molar-refractivity contribution in [1.29, 1.82) is 0 Å². The SMILES string of the molecule is O=S(=O)(Cc1ccc(F)cc1)C1CCCNCC1. The molecule has 100 valence electrons. The Balaban J connectivity index is 2.08. The van der Waals surface area contributed by atoms with Gasteiger partial charge in [0.15, 0.2) is 9.84 Å². The van der Waals surface area contributed by atoms with Gasteiger partial charge in [-0.25, -0.2) is 12.8 Å². The van der Waals surface area contributed by atoms with E-state index >= 15 is 0 Å². The minimum absolute atomic E-state index is 0.0119. The molecule has 1 fully saturated rings. The lowest BCUT2D eigenvalue weighted by molar-refractivity contribution is 0.565. The van der Waals surface area contributed by atoms with E-state index in [0.29, 0.717) is 12.0 Å². The van der Waals surface area contributed by atoms with Crippen LogP contribution in [0.1, 0.15) is 24.8 Å². The normalized spacial score (nSPS) is 21.5. The summed E-state index contributed by atoms with van der Waals surface area (Å²) in [5.74, 6) is -0.326. The predicted octanol–water partition coefficient (Wildman–Crippen LogP) is 1.88. The van der Waals surface area contributed by atoms with Gasteiger partial charge in [0, 0.05) is 0 Å². The van der Waals surface area contributed by atoms with Gasteiger partial charge < -0.3 is 5.32 Å². The number of rotatable bonds is 3. The quantitative estimate of drug-likeness (QED) is 0.913. The van der Waals surface area contributed by atoms with E-state index in [-0.39, 0.29) is 16.8 Å². The van der Waals surface area contributed by atoms with Crippen LogP contribution in [0.5, 0.6) is 0 Å². The Morgan fingerprint density at radius 1 is 1.17 bits per heavy atom. The lowest BCUT2D eigenvalue weighted by Gasteiger charge is -2.14. The van der Waals surface area contributed by atoms with Crippen LogP contribution in [-0.4, -0.2) is 26.8 Å². The van der Waals surface area contributed by atoms with Crippen LogP contribution in [0.25, 0.3) is 0 Å². The fourth-order valence-corrected chi connectivity index (χ4v) is 4.17. The minimum atomic E-state index is -3.14. The smallest absolute Gasteiger partial charge is 0.157 e. The number of halogens is 1. The van der Waals surface area contributed by atoms with Crippen molar-refractivity contribution < 1.29 is 12.8 Å². The Labute approximate surface area is 107 Å². The molecule has 0 radical (unpaired) electrons. The van der Waals surface area contributed by atoms with Crippen LogP contribution in [-0.2, 0) is 15.6 Å². The van der Waals surface area contributed by atoms with E-state index < -0.39 is 9.84 Å². The summed E-state index contributed by atoms with van der Waals surface area (Å²) in [6, 6.07) is 5.70. The molecule has 1 aliphatic rings. The topological polar surface area (TPSA) is 46.2 Å². The van der Waals surface area contributed by atoms with Crippen LogP contribution in [0, 0.1) is 5.82 Å². The highest BCUT2D eigenvalue weighted by Crippen LogP contribution is 2.19. The Kier molecular flexibility index (Phi) is 4.35. The number of hydrogen-bond acceptors (Lipinski definition) is 3. The Hall–Kier alpha value is -0.940. The first-order valence-corrected chi connectivity index (χ1v) is 7.96. The lowest BCUT2D eigenvalue weighted by atomic mass is 10.2. The maximum atomic E-state index is 12.8. The molecule has 1 saturated heterocycles. The third-order valence-electron chi connectivity index (χ3n) is 3.31. The highest BCUT2D eigenvalue weighted by molar-refractivity contribution is 7.91. The van der Waals surface area contributed by atoms with Crippen LogP contribution >= 0.6 is 0 Å². The number of nitrogens with one attached hydrogen (secondary N) is 1. The molecule has 0 amide bonds. The molecule has 3 nitrogen and oxygen atoms in total. The number of benzene rings is 1. The molecular weight excluding hydrogens is 253 g/mol. The highest BCUT2D eigenvalue weighted by atomic mass is 32.2. The summed E-state index contributed by atoms with van der Waals surface area (Å²) in [5, 5.41) is 2.94. The minimum Gasteiger partial charge on any atom is -0.317 e. The molecule has 1 aromatic rings. The first-order chi connectivity index (χ1) is 8.58. The van der Waals surface area contributed by atoms with Gasteiger partial charge in [-0.1, -0.05) is 12.1 Å². The van der Waals surface area contributed by atoms with Gasteiger partial charge in [-0.2, -0.15) is 0 Å². The van der Waals surface area contributed by atoms with E-state index in [2.05, 4.69) is 5.32 Å². The van der Waals surface area contributed by atoms with Gasteiger partial charge in [0.05, 0.1) is 11.0 Å². The predicted molar refractivity (Wildman–Crippen MR) is 69.5 cm³/mol. The standard InChI is InChI=1S/C13H18FNO2S/c14-12-5-3-11(4-6-12)10-18(16,17)13-2-1-8-15-9-7-13/h3-6,13,15H,1-2,7-10H2. The molecule has 1 atom stereocenters. The summed E-state index contributed by atoms with van der Waals surface area (Å²) in [6.07, 6.45) is 2.29. The average molecular weight is 271 g/mol. The van der Waals surface area contributed by atoms with Crippen molar-refractivity contribution >= 4 is 9.84 Å². The molecule has 1 aromatic carbocycles. The van der Waals surface area contributed by atoms with E-state index in [4.69, 9.17) is 0 Å². The van der Waals surface area contributed by atoms with Gasteiger partial charge in [0.2, 0.25) is 0 Å². The van der Waals surface area contributed by atoms with Crippen molar-refractivity contribution in [2.45, 2.75) is 30.3 Å². The maximum absolute atomic E-state index is 12.8. The molecular formula is C13H18FNO2S. The highest BCUT2D eigenvalue weighted by Gasteiger charge is 2.26. The van der Waals surface area contributed by atoms with Crippen LogP contribution in [0.4, 0.5) is 4.39 Å². The largest absolute Gasteiger partial charge is 0.317 e. The van der Waals surface area contributed by atoms with Crippen molar-refractivity contribution in [3.05, 3.63) is 35.6 Å². The fraction of sp³-hybridized carbons (Fsp3) is 0.538. The zero-order valence-electron chi connectivity index (χ0n) is 10.2. The van der Waals surface area contributed by atoms with Crippen molar-refractivity contribution in [2.75, 3.05) is 13.1 Å². The summed E-state index contributed by atoms with van der Waals surface area (Å²) in [7, 11) is -3.14. The van der Waals surface area contributed by atoms with Gasteiger partial charge in [0.1, 0.15) is 5.82 Å². The average Bonchev–Trinajstić information content (AvgIpc) is 2.61. The molecule has 1 N–H and O–H groups in total. The second-order valence-corrected chi connectivity index (χ2v) is 7.02. The molecule has 18 heavy (non-hydrogen) atoms. The first kappa shape index (κ1) is 13.5. The Bertz CT molecular complexity index is 476. The van der Waals surface area contributed by atoms with Crippen LogP contribution in [0.2, 0.25) is 0 Å². The third-order valence-corrected chi connectivity index (χ3v) is 5.53. The summed E-state index contributed by atoms with van der Waals surface area (Å²) in [4.78, 5) is 0. The van der Waals surface area contributed by atoms with E-state index in [1.807, 2.05) is 0 Å². The maximum Gasteiger partial charge on any atom is 0.157 e. The van der Waals surface area contributed by atoms with Crippen molar-refractivity contribution in [3.63, 3.8) is 0 Å². The number of sulfone groups is 1. The molecule has 0 aromatic heterocycles. The fourth-order valence-electron chi connectivity index (χ4n) is 2.28.